The summed E-state index contributed by atoms with van der Waals surface area (Å²) in [4.78, 5) is 0. The van der Waals surface area contributed by atoms with Crippen LogP contribution >= 0.6 is 89.3 Å². The van der Waals surface area contributed by atoms with E-state index in [1.807, 2.05) is 98.8 Å². The van der Waals surface area contributed by atoms with Crippen molar-refractivity contribution in [1.29, 1.82) is 0 Å². The number of halogens is 8. The topological polar surface area (TPSA) is 0 Å². The zero-order valence-electron chi connectivity index (χ0n) is 45.1. The minimum absolute atomic E-state index is 0.172. The third-order valence-electron chi connectivity index (χ3n) is 9.53. The third-order valence-corrected chi connectivity index (χ3v) is 12.3. The van der Waals surface area contributed by atoms with E-state index in [2.05, 4.69) is 209 Å². The summed E-state index contributed by atoms with van der Waals surface area (Å²) < 4.78 is 29.7. The molecule has 0 fully saturated rings. The largest absolute Gasteiger partial charge is 0.206 e. The van der Waals surface area contributed by atoms with Gasteiger partial charge in [-0.2, -0.15) is 0 Å². The van der Waals surface area contributed by atoms with Gasteiger partial charge >= 0.3 is 0 Å². The van der Waals surface area contributed by atoms with E-state index in [9.17, 15) is 8.78 Å². The van der Waals surface area contributed by atoms with Crippen LogP contribution in [0.5, 0.6) is 0 Å². The molecule has 0 aliphatic heterocycles. The number of hydrogen-bond donors (Lipinski definition) is 0. The predicted octanol–water partition coefficient (Wildman–Crippen LogP) is 24.4. The zero-order chi connectivity index (χ0) is 55.6. The molecule has 0 nitrogen and oxygen atoms in total. The molecule has 0 N–H and O–H groups in total. The van der Waals surface area contributed by atoms with Crippen LogP contribution in [-0.2, 0) is 0 Å². The predicted molar refractivity (Wildman–Crippen MR) is 345 cm³/mol. The highest BCUT2D eigenvalue weighted by molar-refractivity contribution is 14.1. The van der Waals surface area contributed by atoms with Crippen molar-refractivity contribution in [1.82, 2.24) is 0 Å². The van der Waals surface area contributed by atoms with Gasteiger partial charge in [-0.1, -0.05) is 295 Å². The van der Waals surface area contributed by atoms with E-state index in [1.54, 1.807) is 30.3 Å². The lowest BCUT2D eigenvalue weighted by Crippen LogP contribution is -1.84. The van der Waals surface area contributed by atoms with Gasteiger partial charge in [0.2, 0.25) is 0 Å². The number of benzene rings is 6. The van der Waals surface area contributed by atoms with Crippen molar-refractivity contribution in [2.75, 3.05) is 0 Å². The van der Waals surface area contributed by atoms with Crippen molar-refractivity contribution in [3.63, 3.8) is 0 Å². The lowest BCUT2D eigenvalue weighted by molar-refractivity contribution is 0.624. The molecular formula is C66H76Br2Cl3F2I. The standard InChI is InChI=1S/C11H12BrF.C11H13Br.C11H12ClF.2C11H13Cl.C11H13I/c1-8(2)3-4-9-5-6-10(12)7-11(9)13;1-9(2)3-4-10-5-7-11(12)8-6-10;1-8(2)6-7-9-4-3-5-10(12)11(9)13;1-9(2)6-7-10-4-3-5-11(12)8-10;1-9(2)11(12)8-10-6-4-3-5-7-10;1-9(2)3-4-10-5-7-11(12)8-6-10/h3-8H,1-2H3;3-9H,1-2H3;3-8H,1-2H3;3*3-9H,1-2H3/b2*4-3+;2*7-6+;11-8-;4-3+. The molecule has 396 valence electrons. The first kappa shape index (κ1) is 68.2. The van der Waals surface area contributed by atoms with Gasteiger partial charge in [0.25, 0.3) is 0 Å². The molecule has 0 aliphatic rings. The van der Waals surface area contributed by atoms with Gasteiger partial charge in [0.05, 0.1) is 5.02 Å². The highest BCUT2D eigenvalue weighted by atomic mass is 127. The Balaban J connectivity index is 0.000000444. The van der Waals surface area contributed by atoms with Gasteiger partial charge in [-0.05, 0) is 141 Å². The summed E-state index contributed by atoms with van der Waals surface area (Å²) >= 11 is 26.4. The van der Waals surface area contributed by atoms with E-state index in [4.69, 9.17) is 34.8 Å². The fourth-order valence-corrected chi connectivity index (χ4v) is 6.89. The molecular weight excluding hydrogens is 1220 g/mol. The Morgan fingerprint density at radius 3 is 1.35 bits per heavy atom. The first-order valence-corrected chi connectivity index (χ1v) is 28.7. The van der Waals surface area contributed by atoms with Crippen LogP contribution in [0.2, 0.25) is 10.0 Å². The molecule has 6 aromatic rings. The highest BCUT2D eigenvalue weighted by Gasteiger charge is 2.03. The Hall–Kier alpha value is -3.82. The van der Waals surface area contributed by atoms with Gasteiger partial charge in [-0.15, -0.1) is 0 Å². The van der Waals surface area contributed by atoms with Crippen LogP contribution in [0.15, 0.2) is 184 Å². The average molecular weight is 1300 g/mol. The van der Waals surface area contributed by atoms with E-state index >= 15 is 0 Å². The SMILES string of the molecule is CC(C)/C(Cl)=C/c1ccccc1.CC(C)/C=C/c1ccc(Br)cc1.CC(C)/C=C/c1ccc(Br)cc1F.CC(C)/C=C/c1ccc(I)cc1.CC(C)/C=C/c1cccc(Cl)c1.CC(C)/C=C/c1cccc(Cl)c1F. The maximum absolute atomic E-state index is 13.3. The summed E-state index contributed by atoms with van der Waals surface area (Å²) in [7, 11) is 0. The van der Waals surface area contributed by atoms with Gasteiger partial charge in [-0.3, -0.25) is 0 Å². The Morgan fingerprint density at radius 1 is 0.446 bits per heavy atom. The van der Waals surface area contributed by atoms with Gasteiger partial charge in [0.15, 0.2) is 0 Å². The van der Waals surface area contributed by atoms with Crippen LogP contribution in [0.4, 0.5) is 8.78 Å². The molecule has 8 heteroatoms. The van der Waals surface area contributed by atoms with Crippen LogP contribution in [0.1, 0.15) is 116 Å². The molecule has 0 radical (unpaired) electrons. The second kappa shape index (κ2) is 39.5. The van der Waals surface area contributed by atoms with E-state index < -0.39 is 0 Å². The highest BCUT2D eigenvalue weighted by Crippen LogP contribution is 2.21. The molecule has 0 amide bonds. The molecule has 0 spiro atoms. The third kappa shape index (κ3) is 34.7. The van der Waals surface area contributed by atoms with E-state index in [1.165, 1.54) is 20.8 Å². The second-order valence-electron chi connectivity index (χ2n) is 19.1. The summed E-state index contributed by atoms with van der Waals surface area (Å²) in [6, 6.07) is 44.9. The smallest absolute Gasteiger partial charge is 0.148 e. The van der Waals surface area contributed by atoms with E-state index in [0.717, 1.165) is 30.1 Å². The van der Waals surface area contributed by atoms with Crippen LogP contribution in [0, 0.1) is 50.7 Å². The molecule has 0 aliphatic carbocycles. The molecule has 0 unspecified atom stereocenters. The number of rotatable bonds is 12. The van der Waals surface area contributed by atoms with Crippen molar-refractivity contribution in [2.24, 2.45) is 35.5 Å². The van der Waals surface area contributed by atoms with Gasteiger partial charge in [0, 0.05) is 33.7 Å². The molecule has 0 saturated carbocycles. The first-order valence-electron chi connectivity index (χ1n) is 24.9. The molecule has 6 rings (SSSR count). The molecule has 0 atom stereocenters. The van der Waals surface area contributed by atoms with Crippen molar-refractivity contribution in [3.8, 4) is 0 Å². The average Bonchev–Trinajstić information content (AvgIpc) is 3.34. The lowest BCUT2D eigenvalue weighted by atomic mass is 10.1. The lowest BCUT2D eigenvalue weighted by Gasteiger charge is -2.01. The van der Waals surface area contributed by atoms with E-state index in [-0.39, 0.29) is 16.7 Å². The van der Waals surface area contributed by atoms with Crippen molar-refractivity contribution < 1.29 is 8.78 Å². The molecule has 0 bridgehead atoms. The van der Waals surface area contributed by atoms with Crippen LogP contribution < -0.4 is 0 Å². The van der Waals surface area contributed by atoms with Gasteiger partial charge in [-0.25, -0.2) is 8.78 Å². The molecule has 0 aromatic heterocycles. The fourth-order valence-electron chi connectivity index (χ4n) is 5.42. The summed E-state index contributed by atoms with van der Waals surface area (Å²) in [5, 5.41) is 1.87. The quantitative estimate of drug-likeness (QED) is 0.107. The maximum Gasteiger partial charge on any atom is 0.148 e. The summed E-state index contributed by atoms with van der Waals surface area (Å²) in [6.45, 7) is 25.4. The van der Waals surface area contributed by atoms with Crippen LogP contribution in [0.3, 0.4) is 0 Å². The van der Waals surface area contributed by atoms with Crippen molar-refractivity contribution in [3.05, 3.63) is 243 Å². The summed E-state index contributed by atoms with van der Waals surface area (Å²) in [5.41, 5.74) is 6.04. The first-order chi connectivity index (χ1) is 34.9. The second-order valence-corrected chi connectivity index (χ2v) is 23.4. The molecule has 74 heavy (non-hydrogen) atoms. The minimum atomic E-state index is -0.346. The monoisotopic (exact) mass is 1300 g/mol. The minimum Gasteiger partial charge on any atom is -0.206 e. The van der Waals surface area contributed by atoms with Crippen LogP contribution in [0.25, 0.3) is 36.5 Å². The van der Waals surface area contributed by atoms with Crippen LogP contribution in [-0.4, -0.2) is 0 Å². The molecule has 6 aromatic carbocycles. The zero-order valence-corrected chi connectivity index (χ0v) is 52.7. The van der Waals surface area contributed by atoms with Crippen molar-refractivity contribution in [2.45, 2.75) is 83.1 Å². The molecule has 0 saturated heterocycles. The van der Waals surface area contributed by atoms with Crippen molar-refractivity contribution >= 4 is 126 Å². The fraction of sp³-hybridized carbons (Fsp3) is 0.273. The van der Waals surface area contributed by atoms with Gasteiger partial charge in [0.1, 0.15) is 11.6 Å². The Morgan fingerprint density at radius 2 is 0.878 bits per heavy atom. The number of allylic oxidation sites excluding steroid dienone is 6. The maximum atomic E-state index is 13.3. The van der Waals surface area contributed by atoms with Gasteiger partial charge < -0.3 is 0 Å². The summed E-state index contributed by atoms with van der Waals surface area (Å²) in [6.07, 6.45) is 22.5. The Labute approximate surface area is 491 Å². The van der Waals surface area contributed by atoms with E-state index in [0.29, 0.717) is 46.6 Å². The Bertz CT molecular complexity index is 2580. The molecule has 0 heterocycles. The number of hydrogen-bond acceptors (Lipinski definition) is 0. The Kier molecular flexibility index (Phi) is 36.4. The normalized spacial score (nSPS) is 11.5. The summed E-state index contributed by atoms with van der Waals surface area (Å²) in [5.74, 6) is 2.57.